The maximum atomic E-state index is 11.5. The minimum Gasteiger partial charge on any atom is -0.299 e. The molecule has 0 aromatic carbocycles. The van der Waals surface area contributed by atoms with Gasteiger partial charge < -0.3 is 0 Å². The van der Waals surface area contributed by atoms with Crippen LogP contribution in [0.25, 0.3) is 0 Å². The molecule has 0 unspecified atom stereocenters. The van der Waals surface area contributed by atoms with Gasteiger partial charge in [-0.1, -0.05) is 41.5 Å². The van der Waals surface area contributed by atoms with Crippen LogP contribution in [-0.2, 0) is 4.79 Å². The normalized spacial score (nSPS) is 10.7. The highest BCUT2D eigenvalue weighted by Gasteiger charge is 2.25. The lowest BCUT2D eigenvalue weighted by Gasteiger charge is -2.23. The molecule has 0 heterocycles. The molecule has 0 radical (unpaired) electrons. The SMILES string of the molecule is CC#CC.CC(C)(C)CC(=O)C(C)(C)C. The molecule has 0 aliphatic rings. The highest BCUT2D eigenvalue weighted by molar-refractivity contribution is 5.84. The average Bonchev–Trinajstić information content (AvgIpc) is 2.00. The van der Waals surface area contributed by atoms with Crippen LogP contribution in [0.4, 0.5) is 0 Å². The Morgan fingerprint density at radius 1 is 0.933 bits per heavy atom. The van der Waals surface area contributed by atoms with Gasteiger partial charge in [-0.15, -0.1) is 11.8 Å². The fourth-order valence-electron chi connectivity index (χ4n) is 0.747. The molecular formula is C14H26O. The number of carbonyl (C=O) groups is 1. The van der Waals surface area contributed by atoms with Crippen molar-refractivity contribution < 1.29 is 4.79 Å². The first kappa shape index (κ1) is 16.7. The van der Waals surface area contributed by atoms with Crippen molar-refractivity contribution in [3.63, 3.8) is 0 Å². The summed E-state index contributed by atoms with van der Waals surface area (Å²) >= 11 is 0. The Balaban J connectivity index is 0. The summed E-state index contributed by atoms with van der Waals surface area (Å²) in [6.07, 6.45) is 0.677. The van der Waals surface area contributed by atoms with Crippen molar-refractivity contribution in [2.75, 3.05) is 0 Å². The van der Waals surface area contributed by atoms with Crippen LogP contribution in [0.1, 0.15) is 61.8 Å². The molecule has 0 amide bonds. The molecule has 1 heteroatoms. The third-order valence-electron chi connectivity index (χ3n) is 1.78. The topological polar surface area (TPSA) is 17.1 Å². The number of carbonyl (C=O) groups excluding carboxylic acids is 1. The van der Waals surface area contributed by atoms with Crippen LogP contribution in [0.3, 0.4) is 0 Å². The van der Waals surface area contributed by atoms with Gasteiger partial charge in [0.05, 0.1) is 0 Å². The summed E-state index contributed by atoms with van der Waals surface area (Å²) in [5.41, 5.74) is -0.0440. The molecule has 1 nitrogen and oxygen atoms in total. The van der Waals surface area contributed by atoms with E-state index in [1.165, 1.54) is 0 Å². The Morgan fingerprint density at radius 3 is 1.33 bits per heavy atom. The zero-order chi connectivity index (χ0) is 12.7. The predicted molar refractivity (Wildman–Crippen MR) is 67.7 cm³/mol. The zero-order valence-corrected chi connectivity index (χ0v) is 11.6. The lowest BCUT2D eigenvalue weighted by Crippen LogP contribution is -2.25. The van der Waals surface area contributed by atoms with E-state index in [2.05, 4.69) is 32.6 Å². The molecule has 0 saturated heterocycles. The molecule has 0 spiro atoms. The van der Waals surface area contributed by atoms with Gasteiger partial charge in [-0.25, -0.2) is 0 Å². The molecular weight excluding hydrogens is 184 g/mol. The lowest BCUT2D eigenvalue weighted by molar-refractivity contribution is -0.128. The van der Waals surface area contributed by atoms with Gasteiger partial charge in [0.2, 0.25) is 0 Å². The molecule has 0 N–H and O–H groups in total. The van der Waals surface area contributed by atoms with Crippen molar-refractivity contribution in [2.45, 2.75) is 61.8 Å². The van der Waals surface area contributed by atoms with Gasteiger partial charge >= 0.3 is 0 Å². The lowest BCUT2D eigenvalue weighted by atomic mass is 9.80. The molecule has 0 atom stereocenters. The molecule has 0 aliphatic carbocycles. The number of ketones is 1. The second-order valence-corrected chi connectivity index (χ2v) is 5.91. The van der Waals surface area contributed by atoms with Gasteiger partial charge in [0.15, 0.2) is 0 Å². The minimum atomic E-state index is -0.173. The van der Waals surface area contributed by atoms with Gasteiger partial charge in [0.1, 0.15) is 5.78 Å². The summed E-state index contributed by atoms with van der Waals surface area (Å²) in [7, 11) is 0. The Kier molecular flexibility index (Phi) is 7.40. The van der Waals surface area contributed by atoms with E-state index < -0.39 is 0 Å². The van der Waals surface area contributed by atoms with Crippen molar-refractivity contribution in [3.05, 3.63) is 0 Å². The quantitative estimate of drug-likeness (QED) is 0.596. The van der Waals surface area contributed by atoms with E-state index in [0.29, 0.717) is 12.2 Å². The second-order valence-electron chi connectivity index (χ2n) is 5.91. The molecule has 88 valence electrons. The largest absolute Gasteiger partial charge is 0.299 e. The summed E-state index contributed by atoms with van der Waals surface area (Å²) in [4.78, 5) is 11.5. The van der Waals surface area contributed by atoms with Gasteiger partial charge in [-0.05, 0) is 19.3 Å². The molecule has 0 bridgehead atoms. The van der Waals surface area contributed by atoms with Crippen molar-refractivity contribution in [3.8, 4) is 11.8 Å². The maximum absolute atomic E-state index is 11.5. The van der Waals surface area contributed by atoms with E-state index in [1.807, 2.05) is 34.6 Å². The van der Waals surface area contributed by atoms with E-state index >= 15 is 0 Å². The van der Waals surface area contributed by atoms with Gasteiger partial charge in [0.25, 0.3) is 0 Å². The minimum absolute atomic E-state index is 0.129. The smallest absolute Gasteiger partial charge is 0.138 e. The number of hydrogen-bond donors (Lipinski definition) is 0. The first-order valence-corrected chi connectivity index (χ1v) is 5.41. The average molecular weight is 210 g/mol. The summed E-state index contributed by atoms with van der Waals surface area (Å²) in [5.74, 6) is 5.71. The number of Topliss-reactive ketones (excluding diaryl/α,β-unsaturated/α-hetero) is 1. The highest BCUT2D eigenvalue weighted by atomic mass is 16.1. The Hall–Kier alpha value is -0.770. The Labute approximate surface area is 95.7 Å². The summed E-state index contributed by atoms with van der Waals surface area (Å²) in [6.45, 7) is 15.8. The first-order valence-electron chi connectivity index (χ1n) is 5.41. The molecule has 0 rings (SSSR count). The summed E-state index contributed by atoms with van der Waals surface area (Å²) in [5, 5.41) is 0. The second kappa shape index (κ2) is 6.67. The number of rotatable bonds is 1. The van der Waals surface area contributed by atoms with Crippen molar-refractivity contribution in [1.82, 2.24) is 0 Å². The molecule has 0 aliphatic heterocycles. The van der Waals surface area contributed by atoms with Crippen molar-refractivity contribution >= 4 is 5.78 Å². The van der Waals surface area contributed by atoms with Crippen LogP contribution in [0.5, 0.6) is 0 Å². The third-order valence-corrected chi connectivity index (χ3v) is 1.78. The van der Waals surface area contributed by atoms with Crippen molar-refractivity contribution in [1.29, 1.82) is 0 Å². The van der Waals surface area contributed by atoms with E-state index in [9.17, 15) is 4.79 Å². The fourth-order valence-corrected chi connectivity index (χ4v) is 0.747. The third kappa shape index (κ3) is 13.2. The van der Waals surface area contributed by atoms with E-state index in [1.54, 1.807) is 0 Å². The maximum Gasteiger partial charge on any atom is 0.138 e. The Bertz CT molecular complexity index is 231. The van der Waals surface area contributed by atoms with Crippen LogP contribution in [0.15, 0.2) is 0 Å². The summed E-state index contributed by atoms with van der Waals surface area (Å²) in [6, 6.07) is 0. The predicted octanol–water partition coefficient (Wildman–Crippen LogP) is 4.07. The van der Waals surface area contributed by atoms with Crippen LogP contribution in [0.2, 0.25) is 0 Å². The highest BCUT2D eigenvalue weighted by Crippen LogP contribution is 2.26. The molecule has 0 aromatic rings. The zero-order valence-electron chi connectivity index (χ0n) is 11.6. The van der Waals surface area contributed by atoms with E-state index in [4.69, 9.17) is 0 Å². The standard InChI is InChI=1S/C10H20O.C4H6/c1-9(2,3)7-8(11)10(4,5)6;1-3-4-2/h7H2,1-6H3;1-2H3. The van der Waals surface area contributed by atoms with Crippen LogP contribution in [0, 0.1) is 22.7 Å². The monoisotopic (exact) mass is 210 g/mol. The molecule has 0 aromatic heterocycles. The summed E-state index contributed by atoms with van der Waals surface area (Å²) < 4.78 is 0. The van der Waals surface area contributed by atoms with Crippen molar-refractivity contribution in [2.24, 2.45) is 10.8 Å². The molecule has 0 saturated carbocycles. The van der Waals surface area contributed by atoms with E-state index in [0.717, 1.165) is 0 Å². The molecule has 15 heavy (non-hydrogen) atoms. The van der Waals surface area contributed by atoms with Crippen LogP contribution in [-0.4, -0.2) is 5.78 Å². The Morgan fingerprint density at radius 2 is 1.27 bits per heavy atom. The van der Waals surface area contributed by atoms with Crippen LogP contribution >= 0.6 is 0 Å². The van der Waals surface area contributed by atoms with E-state index in [-0.39, 0.29) is 10.8 Å². The fraction of sp³-hybridized carbons (Fsp3) is 0.786. The first-order chi connectivity index (χ1) is 6.54. The van der Waals surface area contributed by atoms with Crippen LogP contribution < -0.4 is 0 Å². The number of hydrogen-bond acceptors (Lipinski definition) is 1. The molecule has 0 fully saturated rings. The van der Waals surface area contributed by atoms with Gasteiger partial charge in [0, 0.05) is 11.8 Å². The van der Waals surface area contributed by atoms with Gasteiger partial charge in [-0.3, -0.25) is 4.79 Å². The van der Waals surface area contributed by atoms with Gasteiger partial charge in [-0.2, -0.15) is 0 Å².